The second-order valence-corrected chi connectivity index (χ2v) is 5.92. The van der Waals surface area contributed by atoms with Crippen LogP contribution in [0, 0.1) is 5.92 Å². The van der Waals surface area contributed by atoms with Gasteiger partial charge in [-0.25, -0.2) is 0 Å². The maximum absolute atomic E-state index is 2.48. The van der Waals surface area contributed by atoms with Gasteiger partial charge in [-0.2, -0.15) is 0 Å². The number of hydrogen-bond acceptors (Lipinski definition) is 3. The number of nitrogens with zero attached hydrogens (tertiary/aromatic N) is 3. The number of rotatable bonds is 9. The molecule has 0 heterocycles. The fraction of sp³-hybridized carbons (Fsp3) is 1.00. The molecule has 0 bridgehead atoms. The average Bonchev–Trinajstić information content (AvgIpc) is 2.23. The maximum atomic E-state index is 2.48. The van der Waals surface area contributed by atoms with E-state index in [4.69, 9.17) is 0 Å². The summed E-state index contributed by atoms with van der Waals surface area (Å²) in [5.74, 6) is 0.774. The largest absolute Gasteiger partial charge is 0.308 e. The molecule has 0 N–H and O–H groups in total. The fourth-order valence-electron chi connectivity index (χ4n) is 2.02. The van der Waals surface area contributed by atoms with E-state index in [2.05, 4.69) is 63.7 Å². The molecule has 0 aromatic carbocycles. The zero-order valence-electron chi connectivity index (χ0n) is 13.0. The minimum atomic E-state index is 0.687. The Morgan fingerprint density at radius 1 is 0.941 bits per heavy atom. The molecule has 104 valence electrons. The minimum Gasteiger partial charge on any atom is -0.308 e. The van der Waals surface area contributed by atoms with Crippen LogP contribution in [-0.4, -0.2) is 75.1 Å². The molecule has 0 fully saturated rings. The van der Waals surface area contributed by atoms with E-state index in [0.29, 0.717) is 6.04 Å². The molecule has 0 amide bonds. The lowest BCUT2D eigenvalue weighted by atomic mass is 10.0. The van der Waals surface area contributed by atoms with E-state index in [1.165, 1.54) is 13.0 Å². The van der Waals surface area contributed by atoms with Crippen molar-refractivity contribution < 1.29 is 0 Å². The van der Waals surface area contributed by atoms with Crippen LogP contribution in [-0.2, 0) is 0 Å². The normalized spacial score (nSPS) is 14.3. The van der Waals surface area contributed by atoms with Crippen molar-refractivity contribution in [1.82, 2.24) is 14.7 Å². The predicted octanol–water partition coefficient (Wildman–Crippen LogP) is 1.85. The Hall–Kier alpha value is -0.120. The molecule has 1 atom stereocenters. The Kier molecular flexibility index (Phi) is 8.83. The Balaban J connectivity index is 4.12. The first kappa shape index (κ1) is 16.9. The van der Waals surface area contributed by atoms with Crippen molar-refractivity contribution in [3.05, 3.63) is 0 Å². The van der Waals surface area contributed by atoms with Gasteiger partial charge in [0.25, 0.3) is 0 Å². The third-order valence-corrected chi connectivity index (χ3v) is 3.32. The molecule has 0 saturated carbocycles. The van der Waals surface area contributed by atoms with Gasteiger partial charge in [-0.15, -0.1) is 0 Å². The summed E-state index contributed by atoms with van der Waals surface area (Å²) in [5.41, 5.74) is 0. The number of hydrogen-bond donors (Lipinski definition) is 0. The first-order valence-corrected chi connectivity index (χ1v) is 6.90. The lowest BCUT2D eigenvalue weighted by molar-refractivity contribution is 0.159. The second kappa shape index (κ2) is 8.90. The molecule has 0 aliphatic rings. The third kappa shape index (κ3) is 8.58. The maximum Gasteiger partial charge on any atom is 0.0222 e. The molecule has 0 aliphatic heterocycles. The molecular weight excluding hydrogens is 210 g/mol. The second-order valence-electron chi connectivity index (χ2n) is 5.92. The topological polar surface area (TPSA) is 9.72 Å². The first-order chi connectivity index (χ1) is 7.86. The van der Waals surface area contributed by atoms with Crippen LogP contribution in [0.2, 0.25) is 0 Å². The first-order valence-electron chi connectivity index (χ1n) is 6.90. The van der Waals surface area contributed by atoms with E-state index in [1.807, 2.05) is 0 Å². The summed E-state index contributed by atoms with van der Waals surface area (Å²) < 4.78 is 0. The third-order valence-electron chi connectivity index (χ3n) is 3.32. The number of likely N-dealkylation sites (N-methyl/N-ethyl adjacent to an activating group) is 3. The monoisotopic (exact) mass is 243 g/mol. The van der Waals surface area contributed by atoms with Crippen LogP contribution in [0.25, 0.3) is 0 Å². The zero-order valence-corrected chi connectivity index (χ0v) is 13.0. The molecule has 17 heavy (non-hydrogen) atoms. The van der Waals surface area contributed by atoms with Crippen molar-refractivity contribution in [3.8, 4) is 0 Å². The van der Waals surface area contributed by atoms with E-state index < -0.39 is 0 Å². The fourth-order valence-corrected chi connectivity index (χ4v) is 2.02. The lowest BCUT2D eigenvalue weighted by Gasteiger charge is -2.32. The minimum absolute atomic E-state index is 0.687. The lowest BCUT2D eigenvalue weighted by Crippen LogP contribution is -2.43. The highest BCUT2D eigenvalue weighted by Crippen LogP contribution is 2.11. The van der Waals surface area contributed by atoms with E-state index >= 15 is 0 Å². The van der Waals surface area contributed by atoms with E-state index in [-0.39, 0.29) is 0 Å². The van der Waals surface area contributed by atoms with Crippen molar-refractivity contribution >= 4 is 0 Å². The molecule has 1 unspecified atom stereocenters. The van der Waals surface area contributed by atoms with Crippen LogP contribution in [0.15, 0.2) is 0 Å². The highest BCUT2D eigenvalue weighted by atomic mass is 15.2. The molecule has 0 saturated heterocycles. The van der Waals surface area contributed by atoms with Gasteiger partial charge in [0.15, 0.2) is 0 Å². The standard InChI is InChI=1S/C14H33N3/c1-8-17(7)14(11-13(2)3)12-16(6)10-9-15(4)5/h13-14H,8-12H2,1-7H3. The quantitative estimate of drug-likeness (QED) is 0.612. The van der Waals surface area contributed by atoms with Crippen molar-refractivity contribution in [2.45, 2.75) is 33.2 Å². The summed E-state index contributed by atoms with van der Waals surface area (Å²) in [6, 6.07) is 0.687. The summed E-state index contributed by atoms with van der Waals surface area (Å²) in [6.45, 7) is 11.5. The molecule has 0 spiro atoms. The van der Waals surface area contributed by atoms with Crippen molar-refractivity contribution in [1.29, 1.82) is 0 Å². The van der Waals surface area contributed by atoms with Gasteiger partial charge in [-0.05, 0) is 47.1 Å². The van der Waals surface area contributed by atoms with Gasteiger partial charge in [0.05, 0.1) is 0 Å². The van der Waals surface area contributed by atoms with Gasteiger partial charge in [0, 0.05) is 25.7 Å². The van der Waals surface area contributed by atoms with Crippen LogP contribution in [0.1, 0.15) is 27.2 Å². The van der Waals surface area contributed by atoms with Crippen molar-refractivity contribution in [2.24, 2.45) is 5.92 Å². The van der Waals surface area contributed by atoms with Crippen LogP contribution in [0.5, 0.6) is 0 Å². The molecular formula is C14H33N3. The smallest absolute Gasteiger partial charge is 0.0222 e. The van der Waals surface area contributed by atoms with Crippen molar-refractivity contribution in [3.63, 3.8) is 0 Å². The van der Waals surface area contributed by atoms with E-state index in [0.717, 1.165) is 25.6 Å². The van der Waals surface area contributed by atoms with Gasteiger partial charge in [0.2, 0.25) is 0 Å². The molecule has 0 aromatic heterocycles. The molecule has 0 aliphatic carbocycles. The van der Waals surface area contributed by atoms with E-state index in [1.54, 1.807) is 0 Å². The van der Waals surface area contributed by atoms with Gasteiger partial charge in [0.1, 0.15) is 0 Å². The summed E-state index contributed by atoms with van der Waals surface area (Å²) in [4.78, 5) is 7.18. The van der Waals surface area contributed by atoms with Crippen LogP contribution in [0.3, 0.4) is 0 Å². The van der Waals surface area contributed by atoms with E-state index in [9.17, 15) is 0 Å². The molecule has 0 aromatic rings. The Morgan fingerprint density at radius 3 is 1.94 bits per heavy atom. The summed E-state index contributed by atoms with van der Waals surface area (Å²) in [6.07, 6.45) is 1.29. The van der Waals surface area contributed by atoms with Crippen LogP contribution < -0.4 is 0 Å². The SMILES string of the molecule is CCN(C)C(CC(C)C)CN(C)CCN(C)C. The van der Waals surface area contributed by atoms with Crippen LogP contribution in [0.4, 0.5) is 0 Å². The Bertz CT molecular complexity index is 180. The Morgan fingerprint density at radius 2 is 1.53 bits per heavy atom. The zero-order chi connectivity index (χ0) is 13.4. The highest BCUT2D eigenvalue weighted by molar-refractivity contribution is 4.73. The highest BCUT2D eigenvalue weighted by Gasteiger charge is 2.16. The van der Waals surface area contributed by atoms with Crippen LogP contribution >= 0.6 is 0 Å². The molecule has 0 radical (unpaired) electrons. The summed E-state index contributed by atoms with van der Waals surface area (Å²) in [5, 5.41) is 0. The molecule has 3 heteroatoms. The summed E-state index contributed by atoms with van der Waals surface area (Å²) in [7, 11) is 8.75. The average molecular weight is 243 g/mol. The molecule has 0 rings (SSSR count). The van der Waals surface area contributed by atoms with Gasteiger partial charge in [-0.3, -0.25) is 0 Å². The van der Waals surface area contributed by atoms with Gasteiger partial charge < -0.3 is 14.7 Å². The molecule has 3 nitrogen and oxygen atoms in total. The van der Waals surface area contributed by atoms with Crippen molar-refractivity contribution in [2.75, 3.05) is 54.4 Å². The van der Waals surface area contributed by atoms with Gasteiger partial charge >= 0.3 is 0 Å². The Labute approximate surface area is 109 Å². The summed E-state index contributed by atoms with van der Waals surface area (Å²) >= 11 is 0. The van der Waals surface area contributed by atoms with Gasteiger partial charge in [-0.1, -0.05) is 20.8 Å². The predicted molar refractivity (Wildman–Crippen MR) is 77.6 cm³/mol.